The summed E-state index contributed by atoms with van der Waals surface area (Å²) >= 11 is 3.22. The number of thiophene rings is 2. The molecule has 0 N–H and O–H groups in total. The normalized spacial score (nSPS) is 10.8. The molecular formula is C15H12O2S2. The number of carbonyl (C=O) groups is 1. The lowest BCUT2D eigenvalue weighted by Crippen LogP contribution is -1.97. The minimum atomic E-state index is 0.0487. The second-order valence-corrected chi connectivity index (χ2v) is 6.16. The molecule has 96 valence electrons. The molecule has 0 unspecified atom stereocenters. The summed E-state index contributed by atoms with van der Waals surface area (Å²) in [5.74, 6) is 0.738. The molecular weight excluding hydrogens is 276 g/mol. The summed E-state index contributed by atoms with van der Waals surface area (Å²) in [5, 5.41) is 4.95. The van der Waals surface area contributed by atoms with Crippen molar-refractivity contribution in [2.45, 2.75) is 13.5 Å². The summed E-state index contributed by atoms with van der Waals surface area (Å²) in [6, 6.07) is 10.4. The van der Waals surface area contributed by atoms with Gasteiger partial charge in [-0.15, -0.1) is 22.7 Å². The van der Waals surface area contributed by atoms with E-state index in [9.17, 15) is 4.79 Å². The van der Waals surface area contributed by atoms with Gasteiger partial charge >= 0.3 is 0 Å². The number of carbonyl (C=O) groups excluding carboxylic acids is 1. The molecule has 0 aliphatic heterocycles. The first kappa shape index (κ1) is 12.4. The van der Waals surface area contributed by atoms with E-state index in [0.29, 0.717) is 17.9 Å². The van der Waals surface area contributed by atoms with Crippen molar-refractivity contribution in [3.05, 3.63) is 51.5 Å². The molecule has 3 aromatic rings. The van der Waals surface area contributed by atoms with Crippen molar-refractivity contribution in [2.24, 2.45) is 0 Å². The summed E-state index contributed by atoms with van der Waals surface area (Å²) in [5.41, 5.74) is 0.672. The molecule has 3 rings (SSSR count). The molecule has 0 radical (unpaired) electrons. The number of benzene rings is 1. The van der Waals surface area contributed by atoms with Crippen molar-refractivity contribution in [2.75, 3.05) is 0 Å². The van der Waals surface area contributed by atoms with Crippen molar-refractivity contribution < 1.29 is 9.53 Å². The highest BCUT2D eigenvalue weighted by atomic mass is 32.1. The lowest BCUT2D eigenvalue weighted by Gasteiger charge is -2.03. The summed E-state index contributed by atoms with van der Waals surface area (Å²) < 4.78 is 7.02. The van der Waals surface area contributed by atoms with Crippen molar-refractivity contribution in [1.29, 1.82) is 0 Å². The Morgan fingerprint density at radius 2 is 2.11 bits per heavy atom. The van der Waals surface area contributed by atoms with E-state index >= 15 is 0 Å². The van der Waals surface area contributed by atoms with Crippen LogP contribution in [0.1, 0.15) is 22.2 Å². The van der Waals surface area contributed by atoms with Crippen LogP contribution in [0.2, 0.25) is 0 Å². The van der Waals surface area contributed by atoms with Crippen LogP contribution >= 0.6 is 22.7 Å². The molecule has 0 aliphatic carbocycles. The van der Waals surface area contributed by atoms with Gasteiger partial charge in [0.1, 0.15) is 12.4 Å². The quantitative estimate of drug-likeness (QED) is 0.648. The highest BCUT2D eigenvalue weighted by molar-refractivity contribution is 7.19. The third-order valence-corrected chi connectivity index (χ3v) is 4.66. The van der Waals surface area contributed by atoms with Crippen LogP contribution in [0.5, 0.6) is 5.75 Å². The average Bonchev–Trinajstić information content (AvgIpc) is 3.02. The maximum atomic E-state index is 11.4. The monoisotopic (exact) mass is 288 g/mol. The van der Waals surface area contributed by atoms with E-state index < -0.39 is 0 Å². The molecule has 0 atom stereocenters. The van der Waals surface area contributed by atoms with Gasteiger partial charge in [-0.05, 0) is 24.4 Å². The van der Waals surface area contributed by atoms with Gasteiger partial charge in [-0.3, -0.25) is 4.79 Å². The van der Waals surface area contributed by atoms with Crippen LogP contribution in [0, 0.1) is 0 Å². The maximum absolute atomic E-state index is 11.4. The van der Waals surface area contributed by atoms with Crippen LogP contribution in [0.25, 0.3) is 10.1 Å². The van der Waals surface area contributed by atoms with Crippen LogP contribution in [0.15, 0.2) is 41.1 Å². The molecule has 1 aromatic carbocycles. The van der Waals surface area contributed by atoms with E-state index in [4.69, 9.17) is 4.74 Å². The summed E-state index contributed by atoms with van der Waals surface area (Å²) in [6.45, 7) is 2.07. The first-order chi connectivity index (χ1) is 9.24. The van der Waals surface area contributed by atoms with Crippen LogP contribution in [-0.2, 0) is 6.61 Å². The molecule has 0 spiro atoms. The van der Waals surface area contributed by atoms with Gasteiger partial charge in [0, 0.05) is 20.3 Å². The number of fused-ring (bicyclic) bond motifs is 1. The van der Waals surface area contributed by atoms with Crippen molar-refractivity contribution in [3.8, 4) is 5.75 Å². The fourth-order valence-corrected chi connectivity index (χ4v) is 3.69. The summed E-state index contributed by atoms with van der Waals surface area (Å²) in [4.78, 5) is 12.6. The Morgan fingerprint density at radius 1 is 1.26 bits per heavy atom. The fraction of sp³-hybridized carbons (Fsp3) is 0.133. The standard InChI is InChI=1S/C15H12O2S2/c1-10(16)13-8-18-9-14(13)17-7-12-6-11-4-2-3-5-15(11)19-12/h2-6,8-9H,7H2,1H3. The highest BCUT2D eigenvalue weighted by Gasteiger charge is 2.10. The van der Waals surface area contributed by atoms with Crippen LogP contribution in [0.3, 0.4) is 0 Å². The molecule has 0 bridgehead atoms. The van der Waals surface area contributed by atoms with Gasteiger partial charge < -0.3 is 4.74 Å². The molecule has 0 amide bonds. The second kappa shape index (κ2) is 5.15. The molecule has 0 aliphatic rings. The molecule has 0 saturated carbocycles. The van der Waals surface area contributed by atoms with E-state index in [1.165, 1.54) is 26.3 Å². The van der Waals surface area contributed by atoms with Gasteiger partial charge in [0.25, 0.3) is 0 Å². The Labute approximate surface area is 119 Å². The van der Waals surface area contributed by atoms with Gasteiger partial charge in [0.2, 0.25) is 0 Å². The Kier molecular flexibility index (Phi) is 3.36. The van der Waals surface area contributed by atoms with Gasteiger partial charge in [-0.2, -0.15) is 0 Å². The van der Waals surface area contributed by atoms with Crippen LogP contribution < -0.4 is 4.74 Å². The molecule has 2 heterocycles. The van der Waals surface area contributed by atoms with E-state index in [-0.39, 0.29) is 5.78 Å². The molecule has 0 fully saturated rings. The smallest absolute Gasteiger partial charge is 0.164 e. The minimum absolute atomic E-state index is 0.0487. The van der Waals surface area contributed by atoms with E-state index in [1.807, 2.05) is 22.9 Å². The molecule has 2 aromatic heterocycles. The number of Topliss-reactive ketones (excluding diaryl/α,β-unsaturated/α-hetero) is 1. The van der Waals surface area contributed by atoms with Gasteiger partial charge in [0.05, 0.1) is 5.56 Å². The zero-order valence-corrected chi connectivity index (χ0v) is 12.0. The third-order valence-electron chi connectivity index (χ3n) is 2.85. The lowest BCUT2D eigenvalue weighted by atomic mass is 10.2. The SMILES string of the molecule is CC(=O)c1cscc1OCc1cc2ccccc2s1. The van der Waals surface area contributed by atoms with E-state index in [2.05, 4.69) is 18.2 Å². The summed E-state index contributed by atoms with van der Waals surface area (Å²) in [7, 11) is 0. The molecule has 4 heteroatoms. The number of ether oxygens (including phenoxy) is 1. The van der Waals surface area contributed by atoms with E-state index in [0.717, 1.165) is 0 Å². The maximum Gasteiger partial charge on any atom is 0.164 e. The predicted octanol–water partition coefficient (Wildman–Crippen LogP) is 4.74. The van der Waals surface area contributed by atoms with Gasteiger partial charge in [0.15, 0.2) is 5.78 Å². The molecule has 2 nitrogen and oxygen atoms in total. The number of ketones is 1. The molecule has 0 saturated heterocycles. The first-order valence-corrected chi connectivity index (χ1v) is 7.67. The Balaban J connectivity index is 1.78. The highest BCUT2D eigenvalue weighted by Crippen LogP contribution is 2.28. The first-order valence-electron chi connectivity index (χ1n) is 5.91. The zero-order chi connectivity index (χ0) is 13.2. The Hall–Kier alpha value is -1.65. The number of hydrogen-bond donors (Lipinski definition) is 0. The second-order valence-electron chi connectivity index (χ2n) is 4.25. The van der Waals surface area contributed by atoms with Gasteiger partial charge in [-0.25, -0.2) is 0 Å². The largest absolute Gasteiger partial charge is 0.486 e. The Morgan fingerprint density at radius 3 is 2.89 bits per heavy atom. The summed E-state index contributed by atoms with van der Waals surface area (Å²) in [6.07, 6.45) is 0. The molecule has 19 heavy (non-hydrogen) atoms. The van der Waals surface area contributed by atoms with Gasteiger partial charge in [-0.1, -0.05) is 18.2 Å². The topological polar surface area (TPSA) is 26.3 Å². The van der Waals surface area contributed by atoms with Crippen molar-refractivity contribution in [1.82, 2.24) is 0 Å². The van der Waals surface area contributed by atoms with Crippen molar-refractivity contribution >= 4 is 38.5 Å². The number of rotatable bonds is 4. The van der Waals surface area contributed by atoms with Crippen molar-refractivity contribution in [3.63, 3.8) is 0 Å². The number of hydrogen-bond acceptors (Lipinski definition) is 4. The average molecular weight is 288 g/mol. The van der Waals surface area contributed by atoms with E-state index in [1.54, 1.807) is 18.3 Å². The lowest BCUT2D eigenvalue weighted by molar-refractivity contribution is 0.101. The fourth-order valence-electron chi connectivity index (χ4n) is 1.91. The van der Waals surface area contributed by atoms with Crippen LogP contribution in [-0.4, -0.2) is 5.78 Å². The zero-order valence-electron chi connectivity index (χ0n) is 10.4. The predicted molar refractivity (Wildman–Crippen MR) is 80.5 cm³/mol. The third kappa shape index (κ3) is 2.55. The van der Waals surface area contributed by atoms with Crippen LogP contribution in [0.4, 0.5) is 0 Å². The minimum Gasteiger partial charge on any atom is -0.486 e. The Bertz CT molecular complexity index is 691.